The quantitative estimate of drug-likeness (QED) is 0.0992. The van der Waals surface area contributed by atoms with E-state index in [-0.39, 0.29) is 24.3 Å². The zero-order valence-electron chi connectivity index (χ0n) is 60.3. The van der Waals surface area contributed by atoms with Gasteiger partial charge in [0.25, 0.3) is 0 Å². The van der Waals surface area contributed by atoms with Gasteiger partial charge in [-0.2, -0.15) is 0 Å². The van der Waals surface area contributed by atoms with Gasteiger partial charge in [-0.25, -0.2) is 4.79 Å². The lowest BCUT2D eigenvalue weighted by Crippen LogP contribution is -2.52. The second kappa shape index (κ2) is 33.8. The number of ether oxygens (including phenoxy) is 4. The highest BCUT2D eigenvalue weighted by Gasteiger charge is 2.49. The Labute approximate surface area is 564 Å². The van der Waals surface area contributed by atoms with E-state index in [2.05, 4.69) is 49.6 Å². The highest BCUT2D eigenvalue weighted by atomic mass is 16.7. The number of rotatable bonds is 18. The molecule has 0 amide bonds. The third kappa shape index (κ3) is 18.1. The predicted molar refractivity (Wildman–Crippen MR) is 377 cm³/mol. The number of methoxy groups -OCH3 is 1. The van der Waals surface area contributed by atoms with Crippen molar-refractivity contribution in [2.24, 2.45) is 76.4 Å². The average molecular weight is 1270 g/mol. The molecule has 0 radical (unpaired) electrons. The normalized spacial score (nSPS) is 42.4. The Morgan fingerprint density at radius 3 is 0.902 bits per heavy atom. The van der Waals surface area contributed by atoms with Crippen LogP contribution in [0.4, 0.5) is 4.79 Å². The molecule has 0 heterocycles. The summed E-state index contributed by atoms with van der Waals surface area (Å²) in [6.45, 7) is 11.6. The first-order chi connectivity index (χ1) is 44.8. The van der Waals surface area contributed by atoms with E-state index in [9.17, 15) is 9.59 Å². The molecule has 0 aromatic carbocycles. The standard InChI is InChI=1S/C84H140N2O6/c1-58-10-34-71(35-11-58)85(72-36-12-59(2)13-37-72)75-42-18-63(19-43-75)56-81(67-26-46-77(89-6)47-27-67)65-22-24-66(25-23-65)82(57-64-20-44-76(45-21-64)86(73-38-14-60(3)15-39-73)74-40-16-61(4)17-41-74)68-28-48-79(49-29-68)91-83(88)92-80-52-32-70(33-53-80)84(54-8-7-9-55-84)69-30-50-78(51-31-69)90-62(5)87/h56-61,63-80H,7-55H2,1-6H3. The smallest absolute Gasteiger partial charge is 0.463 e. The van der Waals surface area contributed by atoms with E-state index in [1.807, 2.05) is 18.3 Å². The van der Waals surface area contributed by atoms with Crippen LogP contribution in [0.3, 0.4) is 0 Å². The third-order valence-electron chi connectivity index (χ3n) is 29.7. The lowest BCUT2D eigenvalue weighted by Gasteiger charge is -2.52. The molecule has 0 bridgehead atoms. The van der Waals surface area contributed by atoms with E-state index in [0.29, 0.717) is 35.2 Å². The molecule has 0 N–H and O–H groups in total. The molecule has 0 aliphatic heterocycles. The molecule has 12 aliphatic rings. The number of hydrogen-bond donors (Lipinski definition) is 0. The number of carbonyl (C=O) groups is 2. The number of allylic oxidation sites excluding steroid dienone is 4. The second-order valence-corrected chi connectivity index (χ2v) is 35.6. The fourth-order valence-corrected chi connectivity index (χ4v) is 24.2. The summed E-state index contributed by atoms with van der Waals surface area (Å²) in [6.07, 6.45) is 70.5. The van der Waals surface area contributed by atoms with E-state index < -0.39 is 6.16 Å². The van der Waals surface area contributed by atoms with Crippen LogP contribution in [0, 0.1) is 76.4 Å². The molecule has 12 saturated carbocycles. The maximum Gasteiger partial charge on any atom is 0.508 e. The van der Waals surface area contributed by atoms with Crippen LogP contribution in [0.1, 0.15) is 349 Å². The van der Waals surface area contributed by atoms with Crippen molar-refractivity contribution in [3.63, 3.8) is 0 Å². The van der Waals surface area contributed by atoms with Crippen molar-refractivity contribution in [3.05, 3.63) is 23.3 Å². The Hall–Kier alpha value is -1.90. The summed E-state index contributed by atoms with van der Waals surface area (Å²) in [6, 6.07) is 4.87. The van der Waals surface area contributed by atoms with Crippen LogP contribution in [-0.4, -0.2) is 89.7 Å². The fraction of sp³-hybridized carbons (Fsp3) is 0.929. The van der Waals surface area contributed by atoms with Gasteiger partial charge in [0.2, 0.25) is 0 Å². The zero-order valence-corrected chi connectivity index (χ0v) is 60.3. The highest BCUT2D eigenvalue weighted by molar-refractivity contribution is 5.66. The Kier molecular flexibility index (Phi) is 25.7. The minimum Gasteiger partial charge on any atom is -0.463 e. The molecule has 0 unspecified atom stereocenters. The van der Waals surface area contributed by atoms with Crippen LogP contribution in [0.25, 0.3) is 0 Å². The van der Waals surface area contributed by atoms with E-state index in [1.165, 1.54) is 250 Å². The van der Waals surface area contributed by atoms with E-state index in [4.69, 9.17) is 18.9 Å². The molecule has 0 atom stereocenters. The number of hydrogen-bond acceptors (Lipinski definition) is 8. The first-order valence-corrected chi connectivity index (χ1v) is 41.4. The minimum atomic E-state index is -0.392. The second-order valence-electron chi connectivity index (χ2n) is 35.6. The number of carbonyl (C=O) groups excluding carboxylic acids is 2. The van der Waals surface area contributed by atoms with Crippen molar-refractivity contribution < 1.29 is 28.5 Å². The van der Waals surface area contributed by atoms with Crippen LogP contribution in [0.2, 0.25) is 0 Å². The van der Waals surface area contributed by atoms with Crippen molar-refractivity contribution in [2.75, 3.05) is 7.11 Å². The lowest BCUT2D eigenvalue weighted by molar-refractivity contribution is -0.149. The molecule has 8 heteroatoms. The van der Waals surface area contributed by atoms with Crippen molar-refractivity contribution >= 4 is 12.1 Å². The van der Waals surface area contributed by atoms with Crippen LogP contribution >= 0.6 is 0 Å². The molecule has 12 fully saturated rings. The molecule has 0 aromatic heterocycles. The molecule has 522 valence electrons. The number of nitrogens with zero attached hydrogens (tertiary/aromatic N) is 2. The highest BCUT2D eigenvalue weighted by Crippen LogP contribution is 2.57. The molecule has 0 spiro atoms. The zero-order chi connectivity index (χ0) is 63.6. The van der Waals surface area contributed by atoms with E-state index >= 15 is 0 Å². The number of esters is 1. The summed E-state index contributed by atoms with van der Waals surface area (Å²) >= 11 is 0. The Morgan fingerprint density at radius 1 is 0.326 bits per heavy atom. The van der Waals surface area contributed by atoms with Crippen LogP contribution < -0.4 is 0 Å². The van der Waals surface area contributed by atoms with E-state index in [0.717, 1.165) is 148 Å². The first-order valence-electron chi connectivity index (χ1n) is 41.4. The van der Waals surface area contributed by atoms with Crippen LogP contribution in [0.15, 0.2) is 23.3 Å². The van der Waals surface area contributed by atoms with Crippen molar-refractivity contribution in [1.82, 2.24) is 9.80 Å². The molecule has 0 aromatic rings. The summed E-state index contributed by atoms with van der Waals surface area (Å²) < 4.78 is 24.4. The van der Waals surface area contributed by atoms with Gasteiger partial charge in [0, 0.05) is 50.3 Å². The van der Waals surface area contributed by atoms with Gasteiger partial charge in [0.1, 0.15) is 18.3 Å². The molecular weight excluding hydrogens is 1130 g/mol. The SMILES string of the molecule is COC1CCC(C(=CC2CCC(N(C3CCC(C)CC3)C3CCC(C)CC3)CC2)C2CCC(C(=CC3CCC(N(C4CCC(C)CC4)C4CCC(C)CC4)CC3)C3CCC(OC(=O)OC4CCC(C5(C6CCC(OC(C)=O)CC6)CCCCC5)CC4)CC3)CC2)CC1. The Bertz CT molecular complexity index is 2210. The summed E-state index contributed by atoms with van der Waals surface area (Å²) in [7, 11) is 1.96. The fourth-order valence-electron chi connectivity index (χ4n) is 24.2. The summed E-state index contributed by atoms with van der Waals surface area (Å²) in [5.74, 6) is 9.20. The van der Waals surface area contributed by atoms with Gasteiger partial charge in [-0.3, -0.25) is 14.6 Å². The molecule has 12 aliphatic carbocycles. The average Bonchev–Trinajstić information content (AvgIpc) is 0.834. The minimum absolute atomic E-state index is 0.0213. The summed E-state index contributed by atoms with van der Waals surface area (Å²) in [4.78, 5) is 32.0. The monoisotopic (exact) mass is 1270 g/mol. The van der Waals surface area contributed by atoms with Crippen molar-refractivity contribution in [1.29, 1.82) is 0 Å². The van der Waals surface area contributed by atoms with Gasteiger partial charge in [-0.05, 0) is 372 Å². The van der Waals surface area contributed by atoms with Gasteiger partial charge in [-0.15, -0.1) is 0 Å². The van der Waals surface area contributed by atoms with Gasteiger partial charge in [0.15, 0.2) is 0 Å². The van der Waals surface area contributed by atoms with Gasteiger partial charge in [-0.1, -0.05) is 70.3 Å². The molecule has 12 rings (SSSR count). The largest absolute Gasteiger partial charge is 0.508 e. The van der Waals surface area contributed by atoms with Gasteiger partial charge in [0.05, 0.1) is 6.10 Å². The first kappa shape index (κ1) is 70.0. The van der Waals surface area contributed by atoms with E-state index in [1.54, 1.807) is 6.92 Å². The van der Waals surface area contributed by atoms with Gasteiger partial charge >= 0.3 is 12.1 Å². The topological polar surface area (TPSA) is 77.5 Å². The third-order valence-corrected chi connectivity index (χ3v) is 29.7. The maximum atomic E-state index is 13.8. The van der Waals surface area contributed by atoms with Gasteiger partial charge < -0.3 is 18.9 Å². The Morgan fingerprint density at radius 2 is 0.598 bits per heavy atom. The molecule has 8 nitrogen and oxygen atoms in total. The molecule has 92 heavy (non-hydrogen) atoms. The summed E-state index contributed by atoms with van der Waals surface area (Å²) in [5, 5.41) is 0. The maximum absolute atomic E-state index is 13.8. The Balaban J connectivity index is 0.695. The van der Waals surface area contributed by atoms with Crippen molar-refractivity contribution in [3.8, 4) is 0 Å². The van der Waals surface area contributed by atoms with Crippen LogP contribution in [-0.2, 0) is 23.7 Å². The summed E-state index contributed by atoms with van der Waals surface area (Å²) in [5.41, 5.74) is 4.17. The molecule has 0 saturated heterocycles. The molecular formula is C84H140N2O6. The lowest BCUT2D eigenvalue weighted by atomic mass is 9.53. The predicted octanol–water partition coefficient (Wildman–Crippen LogP) is 22.2. The van der Waals surface area contributed by atoms with Crippen LogP contribution in [0.5, 0.6) is 0 Å². The van der Waals surface area contributed by atoms with Crippen molar-refractivity contribution in [2.45, 2.75) is 410 Å².